The number of rotatable bonds is 5. The van der Waals surface area contributed by atoms with Gasteiger partial charge in [-0.3, -0.25) is 4.68 Å². The van der Waals surface area contributed by atoms with E-state index in [0.717, 1.165) is 17.9 Å². The Morgan fingerprint density at radius 1 is 1.53 bits per heavy atom. The summed E-state index contributed by atoms with van der Waals surface area (Å²) < 4.78 is 7.51. The SMILES string of the molecule is CCn1nc(C)cc1COCC(C)(C)N. The van der Waals surface area contributed by atoms with Crippen LogP contribution in [0.3, 0.4) is 0 Å². The average Bonchev–Trinajstić information content (AvgIpc) is 2.44. The normalized spacial score (nSPS) is 12.1. The Labute approximate surface area is 91.4 Å². The summed E-state index contributed by atoms with van der Waals surface area (Å²) in [5, 5.41) is 4.35. The molecule has 0 saturated carbocycles. The van der Waals surface area contributed by atoms with Crippen LogP contribution in [-0.2, 0) is 17.9 Å². The molecule has 0 aliphatic carbocycles. The lowest BCUT2D eigenvalue weighted by Crippen LogP contribution is -2.37. The maximum Gasteiger partial charge on any atom is 0.0885 e. The van der Waals surface area contributed by atoms with Crippen LogP contribution in [0.5, 0.6) is 0 Å². The third kappa shape index (κ3) is 4.01. The topological polar surface area (TPSA) is 53.1 Å². The summed E-state index contributed by atoms with van der Waals surface area (Å²) in [6.45, 7) is 9.98. The number of aromatic nitrogens is 2. The number of nitrogens with zero attached hydrogens (tertiary/aromatic N) is 2. The van der Waals surface area contributed by atoms with E-state index < -0.39 is 0 Å². The van der Waals surface area contributed by atoms with Gasteiger partial charge < -0.3 is 10.5 Å². The summed E-state index contributed by atoms with van der Waals surface area (Å²) in [5.74, 6) is 0. The second kappa shape index (κ2) is 4.77. The van der Waals surface area contributed by atoms with E-state index in [-0.39, 0.29) is 5.54 Å². The summed E-state index contributed by atoms with van der Waals surface area (Å²) in [5.41, 5.74) is 7.70. The third-order valence-corrected chi connectivity index (χ3v) is 2.01. The summed E-state index contributed by atoms with van der Waals surface area (Å²) in [7, 11) is 0. The van der Waals surface area contributed by atoms with Crippen molar-refractivity contribution in [1.29, 1.82) is 0 Å². The van der Waals surface area contributed by atoms with E-state index in [0.29, 0.717) is 13.2 Å². The summed E-state index contributed by atoms with van der Waals surface area (Å²) in [6, 6.07) is 2.05. The van der Waals surface area contributed by atoms with Gasteiger partial charge >= 0.3 is 0 Å². The Morgan fingerprint density at radius 2 is 2.20 bits per heavy atom. The van der Waals surface area contributed by atoms with Crippen LogP contribution in [0.4, 0.5) is 0 Å². The molecule has 86 valence electrons. The zero-order chi connectivity index (χ0) is 11.5. The molecular weight excluding hydrogens is 190 g/mol. The molecule has 0 radical (unpaired) electrons. The van der Waals surface area contributed by atoms with Crippen LogP contribution < -0.4 is 5.73 Å². The fraction of sp³-hybridized carbons (Fsp3) is 0.727. The highest BCUT2D eigenvalue weighted by atomic mass is 16.5. The van der Waals surface area contributed by atoms with E-state index in [2.05, 4.69) is 12.0 Å². The van der Waals surface area contributed by atoms with Gasteiger partial charge in [0.1, 0.15) is 0 Å². The Hall–Kier alpha value is -0.870. The maximum absolute atomic E-state index is 5.83. The van der Waals surface area contributed by atoms with Gasteiger partial charge in [-0.15, -0.1) is 0 Å². The molecule has 0 bridgehead atoms. The Kier molecular flexibility index (Phi) is 3.88. The maximum atomic E-state index is 5.83. The molecule has 0 aromatic carbocycles. The van der Waals surface area contributed by atoms with Gasteiger partial charge in [-0.25, -0.2) is 0 Å². The minimum absolute atomic E-state index is 0.272. The summed E-state index contributed by atoms with van der Waals surface area (Å²) in [6.07, 6.45) is 0. The molecule has 1 aromatic heterocycles. The van der Waals surface area contributed by atoms with E-state index in [9.17, 15) is 0 Å². The molecule has 0 saturated heterocycles. The molecule has 0 aliphatic heterocycles. The number of nitrogens with two attached hydrogens (primary N) is 1. The van der Waals surface area contributed by atoms with Crippen LogP contribution in [0, 0.1) is 6.92 Å². The Bertz CT molecular complexity index is 312. The second-order valence-corrected chi connectivity index (χ2v) is 4.57. The van der Waals surface area contributed by atoms with E-state index >= 15 is 0 Å². The van der Waals surface area contributed by atoms with Crippen molar-refractivity contribution in [2.24, 2.45) is 5.73 Å². The molecule has 1 aromatic rings. The molecule has 0 fully saturated rings. The summed E-state index contributed by atoms with van der Waals surface area (Å²) in [4.78, 5) is 0. The molecule has 0 unspecified atom stereocenters. The highest BCUT2D eigenvalue weighted by Crippen LogP contribution is 2.07. The molecule has 0 spiro atoms. The summed E-state index contributed by atoms with van der Waals surface area (Å²) >= 11 is 0. The van der Waals surface area contributed by atoms with Crippen molar-refractivity contribution in [3.05, 3.63) is 17.5 Å². The van der Waals surface area contributed by atoms with E-state index in [1.54, 1.807) is 0 Å². The first-order valence-corrected chi connectivity index (χ1v) is 5.32. The average molecular weight is 211 g/mol. The standard InChI is InChI=1S/C11H21N3O/c1-5-14-10(6-9(2)13-14)7-15-8-11(3,4)12/h6H,5,7-8,12H2,1-4H3. The van der Waals surface area contributed by atoms with Gasteiger partial charge in [0.05, 0.1) is 24.6 Å². The van der Waals surface area contributed by atoms with Gasteiger partial charge in [-0.2, -0.15) is 5.10 Å². The molecule has 1 heterocycles. The number of hydrogen-bond acceptors (Lipinski definition) is 3. The lowest BCUT2D eigenvalue weighted by molar-refractivity contribution is 0.0805. The lowest BCUT2D eigenvalue weighted by Gasteiger charge is -2.18. The Morgan fingerprint density at radius 3 is 2.73 bits per heavy atom. The van der Waals surface area contributed by atoms with E-state index in [1.165, 1.54) is 0 Å². The van der Waals surface area contributed by atoms with Crippen LogP contribution >= 0.6 is 0 Å². The first kappa shape index (κ1) is 12.2. The molecule has 0 aliphatic rings. The molecule has 0 atom stereocenters. The number of aryl methyl sites for hydroxylation is 2. The Balaban J connectivity index is 2.50. The second-order valence-electron chi connectivity index (χ2n) is 4.57. The highest BCUT2D eigenvalue weighted by molar-refractivity contribution is 5.07. The van der Waals surface area contributed by atoms with Crippen molar-refractivity contribution in [3.8, 4) is 0 Å². The van der Waals surface area contributed by atoms with Crippen LogP contribution in [-0.4, -0.2) is 21.9 Å². The predicted octanol–water partition coefficient (Wildman–Crippen LogP) is 1.47. The number of hydrogen-bond donors (Lipinski definition) is 1. The van der Waals surface area contributed by atoms with Crippen LogP contribution in [0.1, 0.15) is 32.2 Å². The largest absolute Gasteiger partial charge is 0.373 e. The predicted molar refractivity (Wildman–Crippen MR) is 60.6 cm³/mol. The van der Waals surface area contributed by atoms with Crippen molar-refractivity contribution < 1.29 is 4.74 Å². The van der Waals surface area contributed by atoms with Gasteiger partial charge in [0.25, 0.3) is 0 Å². The van der Waals surface area contributed by atoms with Crippen molar-refractivity contribution >= 4 is 0 Å². The van der Waals surface area contributed by atoms with E-state index in [1.807, 2.05) is 31.5 Å². The molecule has 1 rings (SSSR count). The van der Waals surface area contributed by atoms with Crippen LogP contribution in [0.2, 0.25) is 0 Å². The minimum Gasteiger partial charge on any atom is -0.373 e. The van der Waals surface area contributed by atoms with Gasteiger partial charge in [0.2, 0.25) is 0 Å². The fourth-order valence-electron chi connectivity index (χ4n) is 1.41. The first-order chi connectivity index (χ1) is 6.92. The number of ether oxygens (including phenoxy) is 1. The molecule has 4 nitrogen and oxygen atoms in total. The smallest absolute Gasteiger partial charge is 0.0885 e. The van der Waals surface area contributed by atoms with E-state index in [4.69, 9.17) is 10.5 Å². The minimum atomic E-state index is -0.272. The van der Waals surface area contributed by atoms with Gasteiger partial charge in [0.15, 0.2) is 0 Å². The fourth-order valence-corrected chi connectivity index (χ4v) is 1.41. The molecular formula is C11H21N3O. The zero-order valence-electron chi connectivity index (χ0n) is 10.1. The molecule has 0 amide bonds. The van der Waals surface area contributed by atoms with Crippen molar-refractivity contribution in [2.45, 2.75) is 46.4 Å². The van der Waals surface area contributed by atoms with Gasteiger partial charge in [-0.1, -0.05) is 0 Å². The van der Waals surface area contributed by atoms with Crippen molar-refractivity contribution in [3.63, 3.8) is 0 Å². The molecule has 15 heavy (non-hydrogen) atoms. The highest BCUT2D eigenvalue weighted by Gasteiger charge is 2.11. The van der Waals surface area contributed by atoms with Gasteiger partial charge in [0, 0.05) is 12.1 Å². The van der Waals surface area contributed by atoms with Crippen LogP contribution in [0.25, 0.3) is 0 Å². The molecule has 4 heteroatoms. The van der Waals surface area contributed by atoms with Gasteiger partial charge in [-0.05, 0) is 33.8 Å². The third-order valence-electron chi connectivity index (χ3n) is 2.01. The quantitative estimate of drug-likeness (QED) is 0.802. The van der Waals surface area contributed by atoms with Crippen LogP contribution in [0.15, 0.2) is 6.07 Å². The lowest BCUT2D eigenvalue weighted by atomic mass is 10.1. The molecule has 2 N–H and O–H groups in total. The monoisotopic (exact) mass is 211 g/mol. The van der Waals surface area contributed by atoms with Crippen molar-refractivity contribution in [1.82, 2.24) is 9.78 Å². The first-order valence-electron chi connectivity index (χ1n) is 5.32. The van der Waals surface area contributed by atoms with Crippen molar-refractivity contribution in [2.75, 3.05) is 6.61 Å². The zero-order valence-corrected chi connectivity index (χ0v) is 10.1.